The summed E-state index contributed by atoms with van der Waals surface area (Å²) in [5.41, 5.74) is 1.61. The normalized spacial score (nSPS) is 14.6. The molecule has 2 aromatic carbocycles. The second-order valence-electron chi connectivity index (χ2n) is 9.28. The molecule has 3 rings (SSSR count). The Kier molecular flexibility index (Phi) is 7.32. The van der Waals surface area contributed by atoms with Gasteiger partial charge in [-0.1, -0.05) is 110 Å². The fourth-order valence-electron chi connectivity index (χ4n) is 4.59. The number of unbranched alkanes of at least 4 members (excludes halogenated alkanes) is 3. The van der Waals surface area contributed by atoms with Gasteiger partial charge < -0.3 is 4.98 Å². The third-order valence-corrected chi connectivity index (χ3v) is 10.7. The Bertz CT molecular complexity index is 788. The molecule has 0 atom stereocenters. The maximum Gasteiger partial charge on any atom is 0.219 e. The topological polar surface area (TPSA) is 12.0 Å². The molecule has 1 N–H and O–H groups in total. The molecule has 0 amide bonds. The average molecular weight is 404 g/mol. The first kappa shape index (κ1) is 21.8. The molecule has 1 nitrogen and oxygen atoms in total. The molecule has 0 spiro atoms. The maximum absolute atomic E-state index is 4.22. The van der Waals surface area contributed by atoms with Gasteiger partial charge in [-0.15, -0.1) is 0 Å². The number of hydrogen-bond acceptors (Lipinski definition) is 1. The van der Waals surface area contributed by atoms with Crippen LogP contribution >= 0.6 is 0 Å². The van der Waals surface area contributed by atoms with E-state index >= 15 is 0 Å². The number of nitrogens with one attached hydrogen (secondary N) is 1. The summed E-state index contributed by atoms with van der Waals surface area (Å²) in [5, 5.41) is 4.58. The zero-order valence-corrected chi connectivity index (χ0v) is 19.7. The molecule has 0 unspecified atom stereocenters. The lowest BCUT2D eigenvalue weighted by molar-refractivity contribution is 0.517. The van der Waals surface area contributed by atoms with Crippen molar-refractivity contribution in [2.24, 2.45) is 0 Å². The molecule has 2 aromatic rings. The molecule has 0 aliphatic heterocycles. The van der Waals surface area contributed by atoms with Crippen LogP contribution in [0, 0.1) is 0 Å². The summed E-state index contributed by atoms with van der Waals surface area (Å²) in [6, 6.07) is 22.5. The number of rotatable bonds is 9. The van der Waals surface area contributed by atoms with Gasteiger partial charge in [-0.25, -0.2) is 0 Å². The first-order valence-electron chi connectivity index (χ1n) is 11.3. The van der Waals surface area contributed by atoms with E-state index in [9.17, 15) is 0 Å². The second-order valence-corrected chi connectivity index (χ2v) is 12.8. The molecule has 0 fully saturated rings. The maximum atomic E-state index is 4.22. The van der Waals surface area contributed by atoms with E-state index in [0.29, 0.717) is 0 Å². The van der Waals surface area contributed by atoms with E-state index in [0.717, 1.165) is 6.42 Å². The lowest BCUT2D eigenvalue weighted by atomic mass is 10.1. The first-order valence-corrected chi connectivity index (χ1v) is 13.3. The summed E-state index contributed by atoms with van der Waals surface area (Å²) >= 11 is 0. The van der Waals surface area contributed by atoms with Gasteiger partial charge >= 0.3 is 0 Å². The Balaban J connectivity index is 2.16. The highest BCUT2D eigenvalue weighted by Crippen LogP contribution is 2.31. The van der Waals surface area contributed by atoms with Gasteiger partial charge in [-0.3, -0.25) is 0 Å². The van der Waals surface area contributed by atoms with Crippen molar-refractivity contribution in [1.29, 1.82) is 0 Å². The van der Waals surface area contributed by atoms with Gasteiger partial charge in [0.1, 0.15) is 0 Å². The highest BCUT2D eigenvalue weighted by Gasteiger charge is 2.45. The first-order chi connectivity index (χ1) is 14.0. The van der Waals surface area contributed by atoms with Crippen LogP contribution in [0.3, 0.4) is 0 Å². The molecular weight excluding hydrogens is 366 g/mol. The van der Waals surface area contributed by atoms with Crippen molar-refractivity contribution in [1.82, 2.24) is 4.98 Å². The van der Waals surface area contributed by atoms with Crippen molar-refractivity contribution in [3.8, 4) is 0 Å². The van der Waals surface area contributed by atoms with E-state index in [2.05, 4.69) is 105 Å². The van der Waals surface area contributed by atoms with Crippen LogP contribution in [0.5, 0.6) is 0 Å². The van der Waals surface area contributed by atoms with Crippen LogP contribution in [-0.4, -0.2) is 13.8 Å². The summed E-state index contributed by atoms with van der Waals surface area (Å²) in [5.74, 6) is 0. The summed E-state index contributed by atoms with van der Waals surface area (Å²) in [4.78, 5) is 4.22. The Morgan fingerprint density at radius 3 is 1.93 bits per heavy atom. The van der Waals surface area contributed by atoms with Crippen LogP contribution in [0.15, 0.2) is 83.6 Å². The van der Waals surface area contributed by atoms with E-state index in [-0.39, 0.29) is 5.54 Å². The lowest BCUT2D eigenvalue weighted by Gasteiger charge is -2.41. The average Bonchev–Trinajstić information content (AvgIpc) is 3.19. The van der Waals surface area contributed by atoms with Crippen molar-refractivity contribution in [2.75, 3.05) is 0 Å². The van der Waals surface area contributed by atoms with E-state index in [1.54, 1.807) is 10.8 Å². The fraction of sp³-hybridized carbons (Fsp3) is 0.407. The molecular formula is C27H37NSi. The minimum Gasteiger partial charge on any atom is -0.322 e. The number of benzene rings is 2. The predicted molar refractivity (Wildman–Crippen MR) is 130 cm³/mol. The molecule has 0 heterocycles. The van der Waals surface area contributed by atoms with Gasteiger partial charge in [-0.05, 0) is 50.4 Å². The van der Waals surface area contributed by atoms with E-state index < -0.39 is 8.24 Å². The van der Waals surface area contributed by atoms with E-state index in [4.69, 9.17) is 0 Å². The SMILES string of the molecule is CCCCCCC1=C([Si](NC(C)(C)C)(c2ccccc2)c2ccccc2)CC=C1. The predicted octanol–water partition coefficient (Wildman–Crippen LogP) is 5.90. The van der Waals surface area contributed by atoms with E-state index in [1.165, 1.54) is 42.5 Å². The summed E-state index contributed by atoms with van der Waals surface area (Å²) in [6.45, 7) is 9.22. The van der Waals surface area contributed by atoms with Gasteiger partial charge in [0, 0.05) is 5.54 Å². The molecule has 1 aliphatic carbocycles. The van der Waals surface area contributed by atoms with Crippen LogP contribution in [0.4, 0.5) is 0 Å². The molecule has 2 heteroatoms. The smallest absolute Gasteiger partial charge is 0.219 e. The van der Waals surface area contributed by atoms with Crippen molar-refractivity contribution < 1.29 is 0 Å². The van der Waals surface area contributed by atoms with Crippen LogP contribution < -0.4 is 15.4 Å². The van der Waals surface area contributed by atoms with E-state index in [1.807, 2.05) is 0 Å². The summed E-state index contributed by atoms with van der Waals surface area (Å²) < 4.78 is 0. The van der Waals surface area contributed by atoms with Crippen LogP contribution in [-0.2, 0) is 0 Å². The van der Waals surface area contributed by atoms with Crippen LogP contribution in [0.2, 0.25) is 0 Å². The third kappa shape index (κ3) is 5.18. The second kappa shape index (κ2) is 9.73. The largest absolute Gasteiger partial charge is 0.322 e. The summed E-state index contributed by atoms with van der Waals surface area (Å²) in [6.07, 6.45) is 12.3. The van der Waals surface area contributed by atoms with Gasteiger partial charge in [0.2, 0.25) is 8.24 Å². The standard InChI is InChI=1S/C27H37NSi/c1-5-6-7-10-16-23-17-15-22-26(23)29(28-27(2,3)4,24-18-11-8-12-19-24)25-20-13-9-14-21-25/h8-9,11-15,17-21,28H,5-7,10,16,22H2,1-4H3. The Morgan fingerprint density at radius 1 is 0.828 bits per heavy atom. The van der Waals surface area contributed by atoms with Crippen molar-refractivity contribution in [3.63, 3.8) is 0 Å². The van der Waals surface area contributed by atoms with Crippen molar-refractivity contribution in [2.45, 2.75) is 71.8 Å². The molecule has 154 valence electrons. The van der Waals surface area contributed by atoms with Gasteiger partial charge in [0.25, 0.3) is 0 Å². The molecule has 0 saturated heterocycles. The van der Waals surface area contributed by atoms with Gasteiger partial charge in [-0.2, -0.15) is 0 Å². The van der Waals surface area contributed by atoms with Crippen molar-refractivity contribution >= 4 is 18.6 Å². The fourth-order valence-corrected chi connectivity index (χ4v) is 9.69. The molecule has 0 radical (unpaired) electrons. The van der Waals surface area contributed by atoms with Crippen molar-refractivity contribution in [3.05, 3.63) is 83.6 Å². The Morgan fingerprint density at radius 2 is 1.41 bits per heavy atom. The minimum atomic E-state index is -2.31. The number of allylic oxidation sites excluding steroid dienone is 4. The molecule has 1 aliphatic rings. The zero-order chi connectivity index (χ0) is 20.7. The molecule has 29 heavy (non-hydrogen) atoms. The third-order valence-electron chi connectivity index (χ3n) is 5.76. The zero-order valence-electron chi connectivity index (χ0n) is 18.7. The highest BCUT2D eigenvalue weighted by atomic mass is 28.3. The van der Waals surface area contributed by atoms with Crippen LogP contribution in [0.1, 0.15) is 66.2 Å². The number of hydrogen-bond donors (Lipinski definition) is 1. The monoisotopic (exact) mass is 403 g/mol. The Labute approximate surface area is 179 Å². The molecule has 0 saturated carbocycles. The molecule has 0 bridgehead atoms. The van der Waals surface area contributed by atoms with Crippen LogP contribution in [0.25, 0.3) is 0 Å². The quantitative estimate of drug-likeness (QED) is 0.406. The highest BCUT2D eigenvalue weighted by molar-refractivity contribution is 7.05. The van der Waals surface area contributed by atoms with Gasteiger partial charge in [0.15, 0.2) is 0 Å². The minimum absolute atomic E-state index is 0.0286. The van der Waals surface area contributed by atoms with Gasteiger partial charge in [0.05, 0.1) is 0 Å². The Hall–Kier alpha value is -1.90. The summed E-state index contributed by atoms with van der Waals surface area (Å²) in [7, 11) is -2.31. The lowest BCUT2D eigenvalue weighted by Crippen LogP contribution is -2.74. The molecule has 0 aromatic heterocycles.